The van der Waals surface area contributed by atoms with Crippen LogP contribution in [0.3, 0.4) is 0 Å². The summed E-state index contributed by atoms with van der Waals surface area (Å²) in [4.78, 5) is 0. The third-order valence-electron chi connectivity index (χ3n) is 12.8. The van der Waals surface area contributed by atoms with Gasteiger partial charge < -0.3 is 24.8 Å². The molecule has 0 N–H and O–H groups in total. The van der Waals surface area contributed by atoms with Crippen molar-refractivity contribution in [3.8, 4) is 11.1 Å². The fourth-order valence-electron chi connectivity index (χ4n) is 11.5. The van der Waals surface area contributed by atoms with E-state index in [0.29, 0.717) is 11.3 Å². The molecule has 1 unspecified atom stereocenters. The average Bonchev–Trinajstić information content (AvgIpc) is 3.46. The molecule has 0 nitrogen and oxygen atoms in total. The number of rotatable bonds is 2. The monoisotopic (exact) mass is 743 g/mol. The summed E-state index contributed by atoms with van der Waals surface area (Å²) in [6.45, 7) is 19.5. The van der Waals surface area contributed by atoms with Gasteiger partial charge in [-0.05, 0) is 122 Å². The molecule has 2 aromatic carbocycles. The van der Waals surface area contributed by atoms with Crippen LogP contribution in [0.5, 0.6) is 0 Å². The van der Waals surface area contributed by atoms with Gasteiger partial charge in [-0.1, -0.05) is 113 Å². The molecule has 1 radical (unpaired) electrons. The number of hydrogen-bond acceptors (Lipinski definition) is 0. The van der Waals surface area contributed by atoms with Crippen molar-refractivity contribution in [1.29, 1.82) is 0 Å². The number of fused-ring (bicyclic) bond motifs is 3. The van der Waals surface area contributed by atoms with Crippen molar-refractivity contribution < 1.29 is 51.0 Å². The van der Waals surface area contributed by atoms with Crippen LogP contribution in [0.25, 0.3) is 28.3 Å². The van der Waals surface area contributed by atoms with Crippen molar-refractivity contribution in [2.45, 2.75) is 137 Å². The van der Waals surface area contributed by atoms with Gasteiger partial charge in [0, 0.05) is 0 Å². The van der Waals surface area contributed by atoms with Crippen molar-refractivity contribution in [1.82, 2.24) is 0 Å². The molecule has 0 amide bonds. The summed E-state index contributed by atoms with van der Waals surface area (Å²) in [6.07, 6.45) is 22.2. The standard InChI is InChI=1S/C44H55.2ClH.Zr/c1-26-16-27(2)40(44-23-28-17-29(24-44)19-30(18-28)25-44)38(26)39-37-21-32-20-33(42(3,4)5)14-15-34(32)36(37)22-35(41(39)43(6,7)8)31-12-10-9-11-13-31;;;/h14-16,20,22,26,28-30H,9-13,17-19,23-25H2,1-8H3;2*1H;/q-1;;;+3/p-2. The van der Waals surface area contributed by atoms with Gasteiger partial charge in [-0.3, -0.25) is 0 Å². The predicted octanol–water partition coefficient (Wildman–Crippen LogP) is 4.65. The van der Waals surface area contributed by atoms with Crippen molar-refractivity contribution in [2.75, 3.05) is 0 Å². The van der Waals surface area contributed by atoms with Crippen LogP contribution < -0.4 is 35.3 Å². The van der Waals surface area contributed by atoms with Gasteiger partial charge in [0.2, 0.25) is 0 Å². The maximum atomic E-state index is 4.14. The largest absolute Gasteiger partial charge is 3.00 e. The minimum atomic E-state index is 0. The Hall–Kier alpha value is -0.877. The Morgan fingerprint density at radius 2 is 1.36 bits per heavy atom. The van der Waals surface area contributed by atoms with E-state index in [1.54, 1.807) is 38.6 Å². The Morgan fingerprint density at radius 1 is 0.766 bits per heavy atom. The summed E-state index contributed by atoms with van der Waals surface area (Å²) >= 11 is 0. The topological polar surface area (TPSA) is 0 Å². The second-order valence-electron chi connectivity index (χ2n) is 18.3. The molecule has 7 aliphatic rings. The van der Waals surface area contributed by atoms with Gasteiger partial charge in [-0.2, -0.15) is 0 Å². The predicted molar refractivity (Wildman–Crippen MR) is 188 cm³/mol. The Kier molecular flexibility index (Phi) is 10.4. The van der Waals surface area contributed by atoms with Crippen LogP contribution in [0, 0.1) is 29.1 Å². The summed E-state index contributed by atoms with van der Waals surface area (Å²) < 4.78 is 0. The zero-order valence-corrected chi connectivity index (χ0v) is 34.2. The molecular weight excluding hydrogens is 691 g/mol. The Labute approximate surface area is 317 Å². The van der Waals surface area contributed by atoms with Crippen LogP contribution in [0.4, 0.5) is 0 Å². The van der Waals surface area contributed by atoms with E-state index in [-0.39, 0.29) is 61.8 Å². The Balaban J connectivity index is 0.00000144. The number of hydrogen-bond donors (Lipinski definition) is 0. The molecule has 4 bridgehead atoms. The summed E-state index contributed by atoms with van der Waals surface area (Å²) in [7, 11) is 0. The maximum Gasteiger partial charge on any atom is 3.00 e. The molecule has 0 heterocycles. The van der Waals surface area contributed by atoms with Crippen LogP contribution >= 0.6 is 0 Å². The van der Waals surface area contributed by atoms with E-state index >= 15 is 0 Å². The van der Waals surface area contributed by atoms with E-state index < -0.39 is 0 Å². The van der Waals surface area contributed by atoms with Crippen molar-refractivity contribution in [3.05, 3.63) is 74.2 Å². The molecule has 0 saturated heterocycles. The zero-order valence-electron chi connectivity index (χ0n) is 30.2. The van der Waals surface area contributed by atoms with Gasteiger partial charge in [-0.25, -0.2) is 0 Å². The third kappa shape index (κ3) is 6.12. The van der Waals surface area contributed by atoms with Gasteiger partial charge in [0.25, 0.3) is 0 Å². The molecule has 2 aromatic rings. The van der Waals surface area contributed by atoms with E-state index in [1.807, 2.05) is 0 Å². The molecule has 0 spiro atoms. The summed E-state index contributed by atoms with van der Waals surface area (Å²) in [5.74, 6) is 3.31. The Bertz CT molecular complexity index is 1710. The number of halogens is 2. The average molecular weight is 746 g/mol. The quantitative estimate of drug-likeness (QED) is 0.336. The fraction of sp³-hybridized carbons (Fsp3) is 0.591. The minimum Gasteiger partial charge on any atom is -1.00 e. The van der Waals surface area contributed by atoms with E-state index in [1.165, 1.54) is 98.1 Å². The van der Waals surface area contributed by atoms with Crippen LogP contribution in [-0.4, -0.2) is 0 Å². The van der Waals surface area contributed by atoms with Crippen LogP contribution in [-0.2, 0) is 37.0 Å². The SMILES string of the molecule is CC1=CC(C)C(c2c(C(C)(C)C)c(=C3CCCCC3)cc3c2=[C-]c2cc(C(C)(C)C)ccc2-3)=C1C12CC3CC(CC(C3)C1)C2.[Cl-].[Cl-].[Zr+3]. The molecule has 5 saturated carbocycles. The molecule has 0 aliphatic heterocycles. The van der Waals surface area contributed by atoms with E-state index in [9.17, 15) is 0 Å². The van der Waals surface area contributed by atoms with Gasteiger partial charge in [0.05, 0.1) is 0 Å². The molecule has 249 valence electrons. The van der Waals surface area contributed by atoms with Gasteiger partial charge in [0.15, 0.2) is 0 Å². The van der Waals surface area contributed by atoms with Crippen molar-refractivity contribution in [2.24, 2.45) is 29.1 Å². The van der Waals surface area contributed by atoms with Crippen LogP contribution in [0.2, 0.25) is 0 Å². The first kappa shape index (κ1) is 37.4. The fourth-order valence-corrected chi connectivity index (χ4v) is 11.5. The smallest absolute Gasteiger partial charge is 1.00 e. The molecule has 9 rings (SSSR count). The number of benzene rings is 2. The summed E-state index contributed by atoms with van der Waals surface area (Å²) in [6, 6.07) is 9.92. The van der Waals surface area contributed by atoms with Gasteiger partial charge in [0.1, 0.15) is 0 Å². The van der Waals surface area contributed by atoms with E-state index in [0.717, 1.165) is 17.8 Å². The van der Waals surface area contributed by atoms with Crippen molar-refractivity contribution in [3.63, 3.8) is 0 Å². The Morgan fingerprint density at radius 3 is 1.91 bits per heavy atom. The first-order valence-corrected chi connectivity index (χ1v) is 18.2. The molecule has 0 aromatic heterocycles. The normalized spacial score (nSPS) is 28.9. The van der Waals surface area contributed by atoms with Gasteiger partial charge >= 0.3 is 26.2 Å². The summed E-state index contributed by atoms with van der Waals surface area (Å²) in [5, 5.41) is 3.00. The number of allylic oxidation sites excluding steroid dienone is 4. The summed E-state index contributed by atoms with van der Waals surface area (Å²) in [5.41, 5.74) is 16.2. The molecule has 5 fully saturated rings. The van der Waals surface area contributed by atoms with Gasteiger partial charge in [-0.15, -0.1) is 34.1 Å². The van der Waals surface area contributed by atoms with Crippen LogP contribution in [0.15, 0.2) is 41.5 Å². The molecule has 1 atom stereocenters. The van der Waals surface area contributed by atoms with Crippen LogP contribution in [0.1, 0.15) is 148 Å². The first-order chi connectivity index (χ1) is 20.8. The zero-order chi connectivity index (χ0) is 30.8. The third-order valence-corrected chi connectivity index (χ3v) is 12.8. The minimum absolute atomic E-state index is 0. The van der Waals surface area contributed by atoms with E-state index in [2.05, 4.69) is 91.8 Å². The molecule has 47 heavy (non-hydrogen) atoms. The first-order valence-electron chi connectivity index (χ1n) is 18.2. The van der Waals surface area contributed by atoms with E-state index in [4.69, 9.17) is 0 Å². The second kappa shape index (κ2) is 13.0. The second-order valence-corrected chi connectivity index (χ2v) is 18.3. The molecular formula is C44H55Cl2Zr. The molecule has 3 heteroatoms. The molecule has 7 aliphatic carbocycles. The maximum absolute atomic E-state index is 4.14. The van der Waals surface area contributed by atoms with Crippen molar-refractivity contribution >= 4 is 17.2 Å².